The van der Waals surface area contributed by atoms with Crippen LogP contribution in [0.4, 0.5) is 0 Å². The maximum Gasteiger partial charge on any atom is 0.371 e. The monoisotopic (exact) mass is 239 g/mol. The molecule has 2 rings (SSSR count). The minimum Gasteiger partial charge on any atom is -0.475 e. The molecule has 0 aliphatic carbocycles. The van der Waals surface area contributed by atoms with Crippen LogP contribution in [-0.4, -0.2) is 29.7 Å². The zero-order valence-corrected chi connectivity index (χ0v) is 9.14. The van der Waals surface area contributed by atoms with Crippen LogP contribution in [-0.2, 0) is 16.1 Å². The molecule has 0 radical (unpaired) electrons. The number of nitrogens with one attached hydrogen (secondary N) is 1. The molecule has 92 valence electrons. The Morgan fingerprint density at radius 2 is 2.29 bits per heavy atom. The molecule has 0 bridgehead atoms. The quantitative estimate of drug-likeness (QED) is 0.810. The molecule has 17 heavy (non-hydrogen) atoms. The van der Waals surface area contributed by atoms with Gasteiger partial charge in [0.05, 0.1) is 6.54 Å². The van der Waals surface area contributed by atoms with Gasteiger partial charge in [-0.05, 0) is 25.0 Å². The molecule has 2 heterocycles. The van der Waals surface area contributed by atoms with Crippen molar-refractivity contribution in [1.29, 1.82) is 0 Å². The second-order valence-corrected chi connectivity index (χ2v) is 3.79. The molecule has 1 fully saturated rings. The number of hydrogen-bond acceptors (Lipinski definition) is 4. The molecular weight excluding hydrogens is 226 g/mol. The molecule has 1 aliphatic heterocycles. The second-order valence-electron chi connectivity index (χ2n) is 3.79. The number of rotatable bonds is 4. The van der Waals surface area contributed by atoms with Gasteiger partial charge in [0.25, 0.3) is 0 Å². The van der Waals surface area contributed by atoms with Crippen LogP contribution in [0.2, 0.25) is 0 Å². The first kappa shape index (κ1) is 11.7. The molecule has 6 nitrogen and oxygen atoms in total. The number of carboxylic acid groups (broad SMARTS) is 1. The van der Waals surface area contributed by atoms with E-state index in [1.54, 1.807) is 0 Å². The van der Waals surface area contributed by atoms with E-state index in [9.17, 15) is 9.59 Å². The fourth-order valence-corrected chi connectivity index (χ4v) is 1.66. The van der Waals surface area contributed by atoms with E-state index in [1.807, 2.05) is 0 Å². The predicted molar refractivity (Wildman–Crippen MR) is 56.5 cm³/mol. The number of furan rings is 1. The Labute approximate surface area is 97.6 Å². The summed E-state index contributed by atoms with van der Waals surface area (Å²) >= 11 is 0. The van der Waals surface area contributed by atoms with Gasteiger partial charge in [-0.1, -0.05) is 0 Å². The van der Waals surface area contributed by atoms with Gasteiger partial charge in [-0.2, -0.15) is 0 Å². The normalized spacial score (nSPS) is 19.2. The van der Waals surface area contributed by atoms with E-state index < -0.39 is 5.97 Å². The molecule has 0 unspecified atom stereocenters. The summed E-state index contributed by atoms with van der Waals surface area (Å²) in [4.78, 5) is 22.1. The van der Waals surface area contributed by atoms with Crippen LogP contribution in [0.3, 0.4) is 0 Å². The minimum absolute atomic E-state index is 0.133. The van der Waals surface area contributed by atoms with E-state index in [0.717, 1.165) is 12.8 Å². The fraction of sp³-hybridized carbons (Fsp3) is 0.455. The molecule has 1 amide bonds. The highest BCUT2D eigenvalue weighted by Gasteiger charge is 2.23. The lowest BCUT2D eigenvalue weighted by molar-refractivity contribution is -0.130. The summed E-state index contributed by atoms with van der Waals surface area (Å²) in [5, 5.41) is 11.3. The number of aromatic carboxylic acids is 1. The summed E-state index contributed by atoms with van der Waals surface area (Å²) in [6, 6.07) is 2.88. The van der Waals surface area contributed by atoms with E-state index in [1.165, 1.54) is 12.1 Å². The van der Waals surface area contributed by atoms with Crippen molar-refractivity contribution in [1.82, 2.24) is 5.32 Å². The number of carbonyl (C=O) groups is 2. The first-order chi connectivity index (χ1) is 8.16. The Balaban J connectivity index is 1.84. The fourth-order valence-electron chi connectivity index (χ4n) is 1.66. The molecule has 0 spiro atoms. The van der Waals surface area contributed by atoms with Crippen LogP contribution in [0.1, 0.15) is 29.2 Å². The Kier molecular flexibility index (Phi) is 3.43. The minimum atomic E-state index is -1.12. The van der Waals surface area contributed by atoms with Crippen molar-refractivity contribution < 1.29 is 23.8 Å². The third-order valence-corrected chi connectivity index (χ3v) is 2.53. The maximum absolute atomic E-state index is 11.6. The average molecular weight is 239 g/mol. The molecule has 2 N–H and O–H groups in total. The number of carboxylic acids is 1. The molecule has 0 aromatic carbocycles. The molecule has 0 saturated carbocycles. The van der Waals surface area contributed by atoms with Crippen molar-refractivity contribution >= 4 is 11.9 Å². The third-order valence-electron chi connectivity index (χ3n) is 2.53. The van der Waals surface area contributed by atoms with Gasteiger partial charge in [0.1, 0.15) is 11.9 Å². The predicted octanol–water partition coefficient (Wildman–Crippen LogP) is 0.773. The van der Waals surface area contributed by atoms with Gasteiger partial charge in [-0.15, -0.1) is 0 Å². The Bertz CT molecular complexity index is 419. The smallest absolute Gasteiger partial charge is 0.371 e. The summed E-state index contributed by atoms with van der Waals surface area (Å²) < 4.78 is 10.2. The SMILES string of the molecule is O=C(O)c1ccc(CNC(=O)[C@@H]2CCCO2)o1. The van der Waals surface area contributed by atoms with Crippen molar-refractivity contribution in [3.05, 3.63) is 23.7 Å². The van der Waals surface area contributed by atoms with Crippen LogP contribution in [0.25, 0.3) is 0 Å². The molecule has 1 aromatic heterocycles. The van der Waals surface area contributed by atoms with Gasteiger partial charge in [0.2, 0.25) is 11.7 Å². The third kappa shape index (κ3) is 2.85. The van der Waals surface area contributed by atoms with Gasteiger partial charge < -0.3 is 19.6 Å². The zero-order valence-electron chi connectivity index (χ0n) is 9.14. The van der Waals surface area contributed by atoms with E-state index in [-0.39, 0.29) is 24.3 Å². The maximum atomic E-state index is 11.6. The van der Waals surface area contributed by atoms with E-state index >= 15 is 0 Å². The highest BCUT2D eigenvalue weighted by molar-refractivity contribution is 5.84. The highest BCUT2D eigenvalue weighted by Crippen LogP contribution is 2.12. The lowest BCUT2D eigenvalue weighted by Gasteiger charge is -2.08. The Hall–Kier alpha value is -1.82. The van der Waals surface area contributed by atoms with Gasteiger partial charge in [0, 0.05) is 6.61 Å². The van der Waals surface area contributed by atoms with Crippen LogP contribution >= 0.6 is 0 Å². The van der Waals surface area contributed by atoms with Crippen LogP contribution in [0.5, 0.6) is 0 Å². The Morgan fingerprint density at radius 1 is 1.47 bits per heavy atom. The summed E-state index contributed by atoms with van der Waals surface area (Å²) in [7, 11) is 0. The first-order valence-corrected chi connectivity index (χ1v) is 5.38. The molecule has 1 aliphatic rings. The summed E-state index contributed by atoms with van der Waals surface area (Å²) in [5.41, 5.74) is 0. The molecule has 1 atom stereocenters. The number of carbonyl (C=O) groups excluding carboxylic acids is 1. The summed E-state index contributed by atoms with van der Waals surface area (Å²) in [5.74, 6) is -1.03. The van der Waals surface area contributed by atoms with Crippen molar-refractivity contribution in [2.75, 3.05) is 6.61 Å². The number of ether oxygens (including phenoxy) is 1. The molecule has 1 saturated heterocycles. The summed E-state index contributed by atoms with van der Waals surface area (Å²) in [6.45, 7) is 0.786. The van der Waals surface area contributed by atoms with Crippen LogP contribution in [0, 0.1) is 0 Å². The zero-order chi connectivity index (χ0) is 12.3. The topological polar surface area (TPSA) is 88.8 Å². The van der Waals surface area contributed by atoms with E-state index in [0.29, 0.717) is 12.4 Å². The number of amides is 1. The van der Waals surface area contributed by atoms with Crippen LogP contribution in [0.15, 0.2) is 16.5 Å². The van der Waals surface area contributed by atoms with Gasteiger partial charge in [-0.3, -0.25) is 4.79 Å². The van der Waals surface area contributed by atoms with Gasteiger partial charge >= 0.3 is 5.97 Å². The molecular formula is C11H13NO5. The van der Waals surface area contributed by atoms with Gasteiger partial charge in [-0.25, -0.2) is 4.79 Å². The Morgan fingerprint density at radius 3 is 2.88 bits per heavy atom. The van der Waals surface area contributed by atoms with Gasteiger partial charge in [0.15, 0.2) is 0 Å². The second kappa shape index (κ2) is 5.01. The van der Waals surface area contributed by atoms with E-state index in [2.05, 4.69) is 5.32 Å². The van der Waals surface area contributed by atoms with E-state index in [4.69, 9.17) is 14.3 Å². The largest absolute Gasteiger partial charge is 0.475 e. The van der Waals surface area contributed by atoms with Crippen molar-refractivity contribution in [2.45, 2.75) is 25.5 Å². The number of hydrogen-bond donors (Lipinski definition) is 2. The van der Waals surface area contributed by atoms with Crippen molar-refractivity contribution in [3.8, 4) is 0 Å². The van der Waals surface area contributed by atoms with Crippen LogP contribution < -0.4 is 5.32 Å². The average Bonchev–Trinajstić information content (AvgIpc) is 2.97. The molecule has 1 aromatic rings. The lowest BCUT2D eigenvalue weighted by Crippen LogP contribution is -2.33. The lowest BCUT2D eigenvalue weighted by atomic mass is 10.2. The highest BCUT2D eigenvalue weighted by atomic mass is 16.5. The standard InChI is InChI=1S/C11H13NO5/c13-10(8-2-1-5-16-8)12-6-7-3-4-9(17-7)11(14)15/h3-4,8H,1-2,5-6H2,(H,12,13)(H,14,15)/t8-/m0/s1. The van der Waals surface area contributed by atoms with Crippen molar-refractivity contribution in [3.63, 3.8) is 0 Å². The summed E-state index contributed by atoms with van der Waals surface area (Å²) in [6.07, 6.45) is 1.23. The first-order valence-electron chi connectivity index (χ1n) is 5.38. The van der Waals surface area contributed by atoms with Crippen molar-refractivity contribution in [2.24, 2.45) is 0 Å². The molecule has 6 heteroatoms.